The van der Waals surface area contributed by atoms with Crippen molar-refractivity contribution in [2.45, 2.75) is 24.8 Å². The molecular weight excluding hydrogens is 361 g/mol. The van der Waals surface area contributed by atoms with Crippen LogP contribution in [0.15, 0.2) is 36.4 Å². The SMILES string of the molecule is CNC1(CNC(=O)NCCc2ccc(F)cc2OC)Cc2ccc(O)cc2C1. The minimum Gasteiger partial charge on any atom is -0.508 e. The Morgan fingerprint density at radius 2 is 1.96 bits per heavy atom. The van der Waals surface area contributed by atoms with E-state index in [-0.39, 0.29) is 23.1 Å². The van der Waals surface area contributed by atoms with E-state index < -0.39 is 0 Å². The van der Waals surface area contributed by atoms with E-state index >= 15 is 0 Å². The highest BCUT2D eigenvalue weighted by molar-refractivity contribution is 5.74. The van der Waals surface area contributed by atoms with Crippen LogP contribution in [-0.2, 0) is 19.3 Å². The van der Waals surface area contributed by atoms with E-state index in [9.17, 15) is 14.3 Å². The molecule has 1 atom stereocenters. The van der Waals surface area contributed by atoms with Crippen LogP contribution in [-0.4, -0.2) is 43.9 Å². The topological polar surface area (TPSA) is 82.6 Å². The van der Waals surface area contributed by atoms with Gasteiger partial charge in [0.1, 0.15) is 17.3 Å². The van der Waals surface area contributed by atoms with Crippen LogP contribution < -0.4 is 20.7 Å². The zero-order valence-electron chi connectivity index (χ0n) is 16.1. The fourth-order valence-corrected chi connectivity index (χ4v) is 3.68. The lowest BCUT2D eigenvalue weighted by Gasteiger charge is -2.29. The Balaban J connectivity index is 1.49. The van der Waals surface area contributed by atoms with Gasteiger partial charge in [0.25, 0.3) is 0 Å². The third-order valence-electron chi connectivity index (χ3n) is 5.29. The Morgan fingerprint density at radius 3 is 2.71 bits per heavy atom. The second-order valence-electron chi connectivity index (χ2n) is 7.15. The maximum atomic E-state index is 13.2. The molecule has 0 spiro atoms. The molecule has 2 aromatic rings. The molecular formula is C21H26FN3O3. The molecule has 0 saturated heterocycles. The van der Waals surface area contributed by atoms with Gasteiger partial charge in [-0.3, -0.25) is 0 Å². The first kappa shape index (κ1) is 19.9. The standard InChI is InChI=1S/C21H26FN3O3/c1-23-21(11-15-4-6-18(26)9-16(15)12-21)13-25-20(27)24-8-7-14-3-5-17(22)10-19(14)28-2/h3-6,9-10,23,26H,7-8,11-13H2,1-2H3,(H2,24,25,27). The van der Waals surface area contributed by atoms with Gasteiger partial charge in [0.2, 0.25) is 0 Å². The molecule has 28 heavy (non-hydrogen) atoms. The summed E-state index contributed by atoms with van der Waals surface area (Å²) in [6.07, 6.45) is 2.06. The summed E-state index contributed by atoms with van der Waals surface area (Å²) in [5.41, 5.74) is 2.84. The number of nitrogens with one attached hydrogen (secondary N) is 3. The molecule has 1 unspecified atom stereocenters. The Hall–Kier alpha value is -2.80. The van der Waals surface area contributed by atoms with Gasteiger partial charge in [-0.1, -0.05) is 12.1 Å². The number of hydrogen-bond acceptors (Lipinski definition) is 4. The molecule has 0 fully saturated rings. The largest absolute Gasteiger partial charge is 0.508 e. The van der Waals surface area contributed by atoms with Crippen LogP contribution in [0, 0.1) is 5.82 Å². The third kappa shape index (κ3) is 4.54. The molecule has 6 nitrogen and oxygen atoms in total. The number of phenols is 1. The third-order valence-corrected chi connectivity index (χ3v) is 5.29. The minimum absolute atomic E-state index is 0.255. The van der Waals surface area contributed by atoms with Gasteiger partial charge in [0.15, 0.2) is 0 Å². The van der Waals surface area contributed by atoms with E-state index in [1.807, 2.05) is 13.1 Å². The number of methoxy groups -OCH3 is 1. The van der Waals surface area contributed by atoms with Gasteiger partial charge >= 0.3 is 6.03 Å². The van der Waals surface area contributed by atoms with Gasteiger partial charge < -0.3 is 25.8 Å². The molecule has 3 rings (SSSR count). The molecule has 1 aliphatic rings. The predicted octanol–water partition coefficient (Wildman–Crippen LogP) is 2.14. The van der Waals surface area contributed by atoms with Crippen LogP contribution >= 0.6 is 0 Å². The number of amides is 2. The molecule has 2 aromatic carbocycles. The molecule has 0 heterocycles. The number of carbonyl (C=O) groups is 1. The van der Waals surface area contributed by atoms with Crippen LogP contribution in [0.2, 0.25) is 0 Å². The fourth-order valence-electron chi connectivity index (χ4n) is 3.68. The molecule has 0 bridgehead atoms. The Morgan fingerprint density at radius 1 is 1.18 bits per heavy atom. The summed E-state index contributed by atoms with van der Waals surface area (Å²) in [5, 5.41) is 18.7. The second kappa shape index (κ2) is 8.48. The number of benzene rings is 2. The maximum absolute atomic E-state index is 13.2. The van der Waals surface area contributed by atoms with Crippen molar-refractivity contribution in [3.8, 4) is 11.5 Å². The number of ether oxygens (including phenoxy) is 1. The number of phenolic OH excluding ortho intramolecular Hbond substituents is 1. The van der Waals surface area contributed by atoms with Crippen molar-refractivity contribution < 1.29 is 19.0 Å². The van der Waals surface area contributed by atoms with Gasteiger partial charge in [0.05, 0.1) is 7.11 Å². The fraction of sp³-hybridized carbons (Fsp3) is 0.381. The van der Waals surface area contributed by atoms with Crippen LogP contribution in [0.25, 0.3) is 0 Å². The number of fused-ring (bicyclic) bond motifs is 1. The molecule has 0 aromatic heterocycles. The van der Waals surface area contributed by atoms with E-state index in [4.69, 9.17) is 4.74 Å². The number of carbonyl (C=O) groups excluding carboxylic acids is 1. The first-order valence-corrected chi connectivity index (χ1v) is 9.28. The molecule has 7 heteroatoms. The number of rotatable bonds is 7. The van der Waals surface area contributed by atoms with E-state index in [0.29, 0.717) is 25.3 Å². The quantitative estimate of drug-likeness (QED) is 0.587. The van der Waals surface area contributed by atoms with E-state index in [2.05, 4.69) is 16.0 Å². The van der Waals surface area contributed by atoms with Crippen LogP contribution in [0.4, 0.5) is 9.18 Å². The van der Waals surface area contributed by atoms with Crippen molar-refractivity contribution in [1.82, 2.24) is 16.0 Å². The van der Waals surface area contributed by atoms with Crippen LogP contribution in [0.1, 0.15) is 16.7 Å². The second-order valence-corrected chi connectivity index (χ2v) is 7.15. The van der Waals surface area contributed by atoms with Gasteiger partial charge in [-0.25, -0.2) is 9.18 Å². The highest BCUT2D eigenvalue weighted by atomic mass is 19.1. The highest BCUT2D eigenvalue weighted by Crippen LogP contribution is 2.31. The summed E-state index contributed by atoms with van der Waals surface area (Å²) >= 11 is 0. The van der Waals surface area contributed by atoms with Crippen molar-refractivity contribution in [1.29, 1.82) is 0 Å². The molecule has 0 saturated carbocycles. The van der Waals surface area contributed by atoms with Gasteiger partial charge in [-0.2, -0.15) is 0 Å². The smallest absolute Gasteiger partial charge is 0.314 e. The van der Waals surface area contributed by atoms with Gasteiger partial charge in [-0.05, 0) is 61.2 Å². The average Bonchev–Trinajstić information content (AvgIpc) is 3.05. The van der Waals surface area contributed by atoms with Crippen molar-refractivity contribution in [3.05, 3.63) is 58.9 Å². The summed E-state index contributed by atoms with van der Waals surface area (Å²) in [5.74, 6) is 0.380. The molecule has 0 radical (unpaired) electrons. The summed E-state index contributed by atoms with van der Waals surface area (Å²) in [7, 11) is 3.38. The molecule has 0 aliphatic heterocycles. The van der Waals surface area contributed by atoms with E-state index in [1.54, 1.807) is 18.2 Å². The minimum atomic E-state index is -0.352. The average molecular weight is 387 g/mol. The van der Waals surface area contributed by atoms with E-state index in [0.717, 1.165) is 24.0 Å². The van der Waals surface area contributed by atoms with Crippen molar-refractivity contribution in [2.24, 2.45) is 0 Å². The molecule has 1 aliphatic carbocycles. The van der Waals surface area contributed by atoms with E-state index in [1.165, 1.54) is 24.8 Å². The zero-order chi connectivity index (χ0) is 20.1. The summed E-state index contributed by atoms with van der Waals surface area (Å²) in [6.45, 7) is 0.874. The summed E-state index contributed by atoms with van der Waals surface area (Å²) < 4.78 is 18.4. The number of halogens is 1. The normalized spacial score (nSPS) is 17.8. The Labute approximate surface area is 164 Å². The Kier molecular flexibility index (Phi) is 6.04. The van der Waals surface area contributed by atoms with Crippen molar-refractivity contribution in [2.75, 3.05) is 27.2 Å². The maximum Gasteiger partial charge on any atom is 0.314 e. The monoisotopic (exact) mass is 387 g/mol. The molecule has 150 valence electrons. The lowest BCUT2D eigenvalue weighted by molar-refractivity contribution is 0.235. The predicted molar refractivity (Wildman–Crippen MR) is 105 cm³/mol. The number of hydrogen-bond donors (Lipinski definition) is 4. The van der Waals surface area contributed by atoms with Crippen molar-refractivity contribution >= 4 is 6.03 Å². The Bertz CT molecular complexity index is 859. The lowest BCUT2D eigenvalue weighted by atomic mass is 9.96. The van der Waals surface area contributed by atoms with Crippen molar-refractivity contribution in [3.63, 3.8) is 0 Å². The van der Waals surface area contributed by atoms with Gasteiger partial charge in [-0.15, -0.1) is 0 Å². The summed E-state index contributed by atoms with van der Waals surface area (Å²) in [6, 6.07) is 9.52. The van der Waals surface area contributed by atoms with Crippen LogP contribution in [0.5, 0.6) is 11.5 Å². The highest BCUT2D eigenvalue weighted by Gasteiger charge is 2.36. The van der Waals surface area contributed by atoms with Gasteiger partial charge in [0, 0.05) is 24.7 Å². The molecule has 4 N–H and O–H groups in total. The molecule has 2 amide bonds. The first-order valence-electron chi connectivity index (χ1n) is 9.28. The summed E-state index contributed by atoms with van der Waals surface area (Å²) in [4.78, 5) is 12.2. The number of urea groups is 1. The lowest BCUT2D eigenvalue weighted by Crippen LogP contribution is -2.54. The zero-order valence-corrected chi connectivity index (χ0v) is 16.1. The first-order chi connectivity index (χ1) is 13.4. The van der Waals surface area contributed by atoms with Crippen LogP contribution in [0.3, 0.4) is 0 Å². The number of likely N-dealkylation sites (N-methyl/N-ethyl adjacent to an activating group) is 1. The number of aromatic hydroxyl groups is 1.